The molecule has 2 heterocycles. The molecule has 43 heavy (non-hydrogen) atoms. The lowest BCUT2D eigenvalue weighted by molar-refractivity contribution is -0.143. The summed E-state index contributed by atoms with van der Waals surface area (Å²) in [5, 5.41) is 15.1. The number of carbonyl (C=O) groups is 3. The smallest absolute Gasteiger partial charge is 0.306 e. The van der Waals surface area contributed by atoms with Gasteiger partial charge in [-0.25, -0.2) is 9.37 Å². The van der Waals surface area contributed by atoms with Crippen LogP contribution in [0.15, 0.2) is 47.1 Å². The van der Waals surface area contributed by atoms with E-state index in [2.05, 4.69) is 39.6 Å². The summed E-state index contributed by atoms with van der Waals surface area (Å²) in [6.07, 6.45) is 5.42. The molecule has 3 aliphatic rings. The fourth-order valence-corrected chi connectivity index (χ4v) is 6.11. The summed E-state index contributed by atoms with van der Waals surface area (Å²) in [5.41, 5.74) is 3.00. The number of hydrogen-bond donors (Lipinski definition) is 3. The lowest BCUT2D eigenvalue weighted by Gasteiger charge is -2.38. The Bertz CT molecular complexity index is 1530. The maximum Gasteiger partial charge on any atom is 0.306 e. The number of piperazine rings is 1. The van der Waals surface area contributed by atoms with Crippen LogP contribution in [-0.4, -0.2) is 60.1 Å². The van der Waals surface area contributed by atoms with Crippen LogP contribution in [0.1, 0.15) is 76.7 Å². The molecule has 1 aromatic heterocycles. The maximum atomic E-state index is 15.6. The quantitative estimate of drug-likeness (QED) is 0.337. The topological polar surface area (TPSA) is 128 Å². The molecular formula is C32H36FN5O5. The molecule has 0 spiro atoms. The highest BCUT2D eigenvalue weighted by atomic mass is 19.1. The van der Waals surface area contributed by atoms with Crippen molar-refractivity contribution >= 4 is 34.8 Å². The number of halogens is 1. The van der Waals surface area contributed by atoms with E-state index in [9.17, 15) is 19.5 Å². The van der Waals surface area contributed by atoms with Gasteiger partial charge < -0.3 is 30.0 Å². The number of benzene rings is 2. The average Bonchev–Trinajstić information content (AvgIpc) is 3.74. The lowest BCUT2D eigenvalue weighted by Crippen LogP contribution is -2.47. The van der Waals surface area contributed by atoms with Gasteiger partial charge in [0, 0.05) is 49.9 Å². The number of para-hydroxylation sites is 1. The molecule has 3 fully saturated rings. The largest absolute Gasteiger partial charge is 0.481 e. The first-order valence-corrected chi connectivity index (χ1v) is 15.0. The van der Waals surface area contributed by atoms with Crippen molar-refractivity contribution in [3.05, 3.63) is 71.2 Å². The second-order valence-electron chi connectivity index (χ2n) is 11.8. The molecule has 10 nitrogen and oxygen atoms in total. The number of nitrogens with zero attached hydrogens (tertiary/aromatic N) is 3. The average molecular weight is 590 g/mol. The van der Waals surface area contributed by atoms with E-state index in [4.69, 9.17) is 4.42 Å². The van der Waals surface area contributed by atoms with Crippen molar-refractivity contribution in [2.45, 2.75) is 57.4 Å². The highest BCUT2D eigenvalue weighted by Crippen LogP contribution is 2.39. The van der Waals surface area contributed by atoms with E-state index in [1.165, 1.54) is 24.0 Å². The molecule has 1 aliphatic heterocycles. The maximum absolute atomic E-state index is 15.6. The number of nitrogens with one attached hydrogen (secondary N) is 2. The highest BCUT2D eigenvalue weighted by molar-refractivity contribution is 6.06. The fourth-order valence-electron chi connectivity index (χ4n) is 6.11. The number of aromatic nitrogens is 1. The number of carbonyl (C=O) groups excluding carboxylic acids is 2. The number of amides is 2. The van der Waals surface area contributed by atoms with Crippen LogP contribution in [0.2, 0.25) is 0 Å². The number of aryl methyl sites for hydroxylation is 1. The minimum absolute atomic E-state index is 0.120. The van der Waals surface area contributed by atoms with Gasteiger partial charge in [0.05, 0.1) is 22.9 Å². The molecule has 2 aromatic carbocycles. The Morgan fingerprint density at radius 1 is 0.977 bits per heavy atom. The minimum Gasteiger partial charge on any atom is -0.481 e. The van der Waals surface area contributed by atoms with Crippen LogP contribution in [0.5, 0.6) is 0 Å². The van der Waals surface area contributed by atoms with Crippen molar-refractivity contribution in [1.29, 1.82) is 0 Å². The molecule has 0 bridgehead atoms. The van der Waals surface area contributed by atoms with Crippen molar-refractivity contribution in [2.24, 2.45) is 5.92 Å². The summed E-state index contributed by atoms with van der Waals surface area (Å²) in [6, 6.07) is 10.5. The van der Waals surface area contributed by atoms with Gasteiger partial charge in [-0.15, -0.1) is 0 Å². The van der Waals surface area contributed by atoms with Crippen LogP contribution in [0.25, 0.3) is 0 Å². The van der Waals surface area contributed by atoms with Gasteiger partial charge in [0.1, 0.15) is 12.1 Å². The Morgan fingerprint density at radius 3 is 2.40 bits per heavy atom. The molecule has 2 saturated carbocycles. The molecule has 2 atom stereocenters. The SMILES string of the molecule is Cc1ccccc1N1CCN(c2cc(F)c(C(=O)N[C@@H]3CCCC(C(=O)O)C3)cc2NC(=O)c2coc(C3CC3)n2)CC1. The van der Waals surface area contributed by atoms with Crippen molar-refractivity contribution < 1.29 is 28.3 Å². The lowest BCUT2D eigenvalue weighted by atomic mass is 9.85. The molecule has 3 N–H and O–H groups in total. The molecule has 226 valence electrons. The first kappa shape index (κ1) is 28.7. The molecule has 11 heteroatoms. The van der Waals surface area contributed by atoms with Crippen LogP contribution < -0.4 is 20.4 Å². The zero-order valence-electron chi connectivity index (χ0n) is 24.1. The van der Waals surface area contributed by atoms with E-state index in [0.717, 1.165) is 18.5 Å². The molecular weight excluding hydrogens is 553 g/mol. The van der Waals surface area contributed by atoms with Gasteiger partial charge in [0.2, 0.25) is 0 Å². The van der Waals surface area contributed by atoms with Crippen LogP contribution in [0, 0.1) is 18.7 Å². The molecule has 2 amide bonds. The first-order chi connectivity index (χ1) is 20.8. The molecule has 1 unspecified atom stereocenters. The Labute approximate surface area is 249 Å². The standard InChI is InChI=1S/C32H36FN5O5/c1-19-5-2-3-8-27(19)37-11-13-38(14-12-37)28-17-24(33)23(29(39)34-22-7-4-6-21(15-22)32(41)42)16-25(28)35-30(40)26-18-43-31(36-26)20-9-10-20/h2-3,5,8,16-18,20-22H,4,6-7,9-15H2,1H3,(H,34,39)(H,35,40)(H,41,42)/t21?,22-/m1/s1. The summed E-state index contributed by atoms with van der Waals surface area (Å²) >= 11 is 0. The number of carboxylic acid groups (broad SMARTS) is 1. The van der Waals surface area contributed by atoms with Gasteiger partial charge in [-0.1, -0.05) is 24.6 Å². The van der Waals surface area contributed by atoms with Gasteiger partial charge in [0.15, 0.2) is 11.6 Å². The van der Waals surface area contributed by atoms with Crippen molar-refractivity contribution in [3.8, 4) is 0 Å². The zero-order chi connectivity index (χ0) is 30.1. The van der Waals surface area contributed by atoms with E-state index in [1.54, 1.807) is 0 Å². The van der Waals surface area contributed by atoms with Crippen molar-refractivity contribution in [2.75, 3.05) is 41.3 Å². The number of anilines is 3. The summed E-state index contributed by atoms with van der Waals surface area (Å²) in [5.74, 6) is -2.52. The van der Waals surface area contributed by atoms with E-state index in [0.29, 0.717) is 69.1 Å². The van der Waals surface area contributed by atoms with Crippen LogP contribution >= 0.6 is 0 Å². The molecule has 6 rings (SSSR count). The van der Waals surface area contributed by atoms with Crippen LogP contribution in [0.4, 0.5) is 21.5 Å². The Hall–Kier alpha value is -4.41. The third-order valence-electron chi connectivity index (χ3n) is 8.69. The molecule has 3 aromatic rings. The van der Waals surface area contributed by atoms with Crippen molar-refractivity contribution in [3.63, 3.8) is 0 Å². The predicted molar refractivity (Wildman–Crippen MR) is 159 cm³/mol. The Balaban J connectivity index is 1.24. The summed E-state index contributed by atoms with van der Waals surface area (Å²) in [4.78, 5) is 46.6. The number of rotatable bonds is 8. The third kappa shape index (κ3) is 6.35. The monoisotopic (exact) mass is 589 g/mol. The van der Waals surface area contributed by atoms with Gasteiger partial charge in [0.25, 0.3) is 11.8 Å². The predicted octanol–water partition coefficient (Wildman–Crippen LogP) is 4.95. The van der Waals surface area contributed by atoms with Crippen LogP contribution in [0.3, 0.4) is 0 Å². The number of aliphatic carboxylic acids is 1. The summed E-state index contributed by atoms with van der Waals surface area (Å²) in [7, 11) is 0. The summed E-state index contributed by atoms with van der Waals surface area (Å²) in [6.45, 7) is 4.63. The Kier molecular flexibility index (Phi) is 8.05. The zero-order valence-corrected chi connectivity index (χ0v) is 24.1. The van der Waals surface area contributed by atoms with Gasteiger partial charge >= 0.3 is 5.97 Å². The molecule has 1 saturated heterocycles. The Morgan fingerprint density at radius 2 is 1.70 bits per heavy atom. The van der Waals surface area contributed by atoms with Crippen LogP contribution in [-0.2, 0) is 4.79 Å². The van der Waals surface area contributed by atoms with E-state index in [1.807, 2.05) is 17.0 Å². The van der Waals surface area contributed by atoms with E-state index in [-0.39, 0.29) is 23.2 Å². The second-order valence-corrected chi connectivity index (χ2v) is 11.8. The number of carboxylic acids is 1. The number of hydrogen-bond acceptors (Lipinski definition) is 7. The third-order valence-corrected chi connectivity index (χ3v) is 8.69. The fraction of sp³-hybridized carbons (Fsp3) is 0.438. The molecule has 0 radical (unpaired) electrons. The highest BCUT2D eigenvalue weighted by Gasteiger charge is 2.31. The number of oxazole rings is 1. The van der Waals surface area contributed by atoms with E-state index >= 15 is 4.39 Å². The molecule has 2 aliphatic carbocycles. The van der Waals surface area contributed by atoms with Crippen molar-refractivity contribution in [1.82, 2.24) is 10.3 Å². The second kappa shape index (κ2) is 12.1. The van der Waals surface area contributed by atoms with Gasteiger partial charge in [-0.3, -0.25) is 14.4 Å². The minimum atomic E-state index is -0.889. The first-order valence-electron chi connectivity index (χ1n) is 15.0. The van der Waals surface area contributed by atoms with Gasteiger partial charge in [-0.05, 0) is 56.7 Å². The normalized spacial score (nSPS) is 20.5. The van der Waals surface area contributed by atoms with E-state index < -0.39 is 29.5 Å². The summed E-state index contributed by atoms with van der Waals surface area (Å²) < 4.78 is 21.1. The van der Waals surface area contributed by atoms with Gasteiger partial charge in [-0.2, -0.15) is 0 Å².